The van der Waals surface area contributed by atoms with Gasteiger partial charge in [0.2, 0.25) is 10.0 Å². The van der Waals surface area contributed by atoms with E-state index in [9.17, 15) is 13.2 Å². The summed E-state index contributed by atoms with van der Waals surface area (Å²) in [6.07, 6.45) is 2.69. The molecule has 0 aliphatic carbocycles. The molecule has 144 valence electrons. The van der Waals surface area contributed by atoms with Gasteiger partial charge in [0.05, 0.1) is 7.11 Å². The maximum absolute atomic E-state index is 12.0. The van der Waals surface area contributed by atoms with Crippen molar-refractivity contribution >= 4 is 22.1 Å². The van der Waals surface area contributed by atoms with Gasteiger partial charge in [0, 0.05) is 6.08 Å². The van der Waals surface area contributed by atoms with Crippen molar-refractivity contribution in [3.8, 4) is 11.5 Å². The van der Waals surface area contributed by atoms with Crippen LogP contribution in [0.4, 0.5) is 0 Å². The minimum Gasteiger partial charge on any atom is -0.495 e. The van der Waals surface area contributed by atoms with E-state index in [4.69, 9.17) is 14.2 Å². The van der Waals surface area contributed by atoms with E-state index in [0.29, 0.717) is 11.3 Å². The van der Waals surface area contributed by atoms with Crippen molar-refractivity contribution < 1.29 is 27.4 Å². The van der Waals surface area contributed by atoms with Crippen LogP contribution in [0.15, 0.2) is 59.5 Å². The monoisotopic (exact) mass is 391 g/mol. The molecule has 0 bridgehead atoms. The highest BCUT2D eigenvalue weighted by Gasteiger charge is 2.17. The second-order valence-corrected chi connectivity index (χ2v) is 7.14. The maximum Gasteiger partial charge on any atom is 0.330 e. The average molecular weight is 391 g/mol. The summed E-state index contributed by atoms with van der Waals surface area (Å²) in [6.45, 7) is 0.330. The molecule has 7 nitrogen and oxygen atoms in total. The molecule has 0 radical (unpaired) electrons. The zero-order valence-corrected chi connectivity index (χ0v) is 15.9. The van der Waals surface area contributed by atoms with E-state index >= 15 is 0 Å². The van der Waals surface area contributed by atoms with Gasteiger partial charge < -0.3 is 14.2 Å². The largest absolute Gasteiger partial charge is 0.495 e. The Morgan fingerprint density at radius 1 is 1.11 bits per heavy atom. The lowest BCUT2D eigenvalue weighted by atomic mass is 10.2. The van der Waals surface area contributed by atoms with Crippen LogP contribution in [0.1, 0.15) is 5.56 Å². The Balaban J connectivity index is 1.92. The third-order valence-electron chi connectivity index (χ3n) is 3.50. The molecule has 0 amide bonds. The van der Waals surface area contributed by atoms with Crippen LogP contribution in [0.5, 0.6) is 11.5 Å². The Labute approximate surface area is 158 Å². The fraction of sp³-hybridized carbons (Fsp3) is 0.211. The van der Waals surface area contributed by atoms with E-state index in [1.807, 2.05) is 30.3 Å². The Bertz CT molecular complexity index is 894. The van der Waals surface area contributed by atoms with Crippen molar-refractivity contribution in [2.45, 2.75) is 4.90 Å². The summed E-state index contributed by atoms with van der Waals surface area (Å²) < 4.78 is 41.8. The minimum atomic E-state index is -3.69. The first-order valence-electron chi connectivity index (χ1n) is 8.10. The van der Waals surface area contributed by atoms with Crippen LogP contribution in [0.3, 0.4) is 0 Å². The molecule has 0 saturated heterocycles. The lowest BCUT2D eigenvalue weighted by Crippen LogP contribution is -2.19. The van der Waals surface area contributed by atoms with Crippen LogP contribution in [0.25, 0.3) is 6.08 Å². The van der Waals surface area contributed by atoms with E-state index < -0.39 is 16.0 Å². The van der Waals surface area contributed by atoms with Crippen LogP contribution in [0.2, 0.25) is 0 Å². The van der Waals surface area contributed by atoms with E-state index in [2.05, 4.69) is 4.72 Å². The first-order chi connectivity index (χ1) is 13.0. The molecular formula is C19H21NO6S. The number of ether oxygens (including phenoxy) is 3. The Morgan fingerprint density at radius 3 is 2.52 bits per heavy atom. The predicted molar refractivity (Wildman–Crippen MR) is 101 cm³/mol. The highest BCUT2D eigenvalue weighted by Crippen LogP contribution is 2.25. The smallest absolute Gasteiger partial charge is 0.330 e. The molecule has 27 heavy (non-hydrogen) atoms. The van der Waals surface area contributed by atoms with Crippen LogP contribution >= 0.6 is 0 Å². The summed E-state index contributed by atoms with van der Waals surface area (Å²) in [6, 6.07) is 13.8. The van der Waals surface area contributed by atoms with Gasteiger partial charge in [-0.2, -0.15) is 0 Å². The first kappa shape index (κ1) is 20.5. The number of hydrogen-bond acceptors (Lipinski definition) is 6. The van der Waals surface area contributed by atoms with Crippen molar-refractivity contribution in [2.75, 3.05) is 27.4 Å². The van der Waals surface area contributed by atoms with Gasteiger partial charge in [-0.05, 0) is 43.0 Å². The van der Waals surface area contributed by atoms with Crippen LogP contribution in [-0.2, 0) is 19.6 Å². The van der Waals surface area contributed by atoms with Gasteiger partial charge in [-0.1, -0.05) is 24.3 Å². The quantitative estimate of drug-likeness (QED) is 0.400. The van der Waals surface area contributed by atoms with Gasteiger partial charge >= 0.3 is 5.97 Å². The SMILES string of the molecule is CNS(=O)(=O)c1cc(/C=C/C(=O)OCCOc2ccccc2)ccc1OC. The van der Waals surface area contributed by atoms with Crippen molar-refractivity contribution in [1.82, 2.24) is 4.72 Å². The normalized spacial score (nSPS) is 11.3. The van der Waals surface area contributed by atoms with Gasteiger partial charge in [0.1, 0.15) is 29.6 Å². The zero-order chi connectivity index (χ0) is 19.7. The number of carbonyl (C=O) groups excluding carboxylic acids is 1. The van der Waals surface area contributed by atoms with Crippen molar-refractivity contribution in [3.63, 3.8) is 0 Å². The summed E-state index contributed by atoms with van der Waals surface area (Å²) in [7, 11) is -0.993. The molecule has 0 fully saturated rings. The molecule has 0 spiro atoms. The summed E-state index contributed by atoms with van der Waals surface area (Å²) in [4.78, 5) is 11.8. The van der Waals surface area contributed by atoms with Gasteiger partial charge in [0.25, 0.3) is 0 Å². The second kappa shape index (κ2) is 9.75. The Kier molecular flexibility index (Phi) is 7.39. The van der Waals surface area contributed by atoms with Gasteiger partial charge in [-0.25, -0.2) is 17.9 Å². The van der Waals surface area contributed by atoms with E-state index in [0.717, 1.165) is 0 Å². The molecule has 0 heterocycles. The number of methoxy groups -OCH3 is 1. The molecule has 0 aliphatic heterocycles. The number of hydrogen-bond donors (Lipinski definition) is 1. The third-order valence-corrected chi connectivity index (χ3v) is 4.93. The Morgan fingerprint density at radius 2 is 1.85 bits per heavy atom. The van der Waals surface area contributed by atoms with Crippen LogP contribution in [0, 0.1) is 0 Å². The fourth-order valence-electron chi connectivity index (χ4n) is 2.15. The number of nitrogens with one attached hydrogen (secondary N) is 1. The molecule has 0 aromatic heterocycles. The van der Waals surface area contributed by atoms with E-state index in [1.165, 1.54) is 38.4 Å². The number of sulfonamides is 1. The maximum atomic E-state index is 12.0. The van der Waals surface area contributed by atoms with Gasteiger partial charge in [-0.3, -0.25) is 0 Å². The van der Waals surface area contributed by atoms with Crippen molar-refractivity contribution in [1.29, 1.82) is 0 Å². The fourth-order valence-corrected chi connectivity index (χ4v) is 3.08. The van der Waals surface area contributed by atoms with Crippen molar-refractivity contribution in [2.24, 2.45) is 0 Å². The lowest BCUT2D eigenvalue weighted by molar-refractivity contribution is -0.138. The second-order valence-electron chi connectivity index (χ2n) is 5.28. The van der Waals surface area contributed by atoms with Gasteiger partial charge in [0.15, 0.2) is 0 Å². The van der Waals surface area contributed by atoms with Crippen LogP contribution < -0.4 is 14.2 Å². The third kappa shape index (κ3) is 6.12. The molecule has 1 N–H and O–H groups in total. The number of para-hydroxylation sites is 1. The molecule has 2 rings (SSSR count). The summed E-state index contributed by atoms with van der Waals surface area (Å²) in [5.74, 6) is 0.350. The lowest BCUT2D eigenvalue weighted by Gasteiger charge is -2.09. The first-order valence-corrected chi connectivity index (χ1v) is 9.59. The van der Waals surface area contributed by atoms with E-state index in [1.54, 1.807) is 6.07 Å². The van der Waals surface area contributed by atoms with E-state index in [-0.39, 0.29) is 23.9 Å². The molecule has 8 heteroatoms. The topological polar surface area (TPSA) is 90.9 Å². The number of rotatable bonds is 9. The molecule has 2 aromatic carbocycles. The highest BCUT2D eigenvalue weighted by molar-refractivity contribution is 7.89. The summed E-state index contributed by atoms with van der Waals surface area (Å²) in [5, 5.41) is 0. The molecule has 2 aromatic rings. The summed E-state index contributed by atoms with van der Waals surface area (Å²) in [5.41, 5.74) is 0.516. The molecule has 0 saturated carbocycles. The van der Waals surface area contributed by atoms with Gasteiger partial charge in [-0.15, -0.1) is 0 Å². The zero-order valence-electron chi connectivity index (χ0n) is 15.0. The van der Waals surface area contributed by atoms with Crippen molar-refractivity contribution in [3.05, 3.63) is 60.2 Å². The number of esters is 1. The standard InChI is InChI=1S/C19H21NO6S/c1-20-27(22,23)18-14-15(8-10-17(18)24-2)9-11-19(21)26-13-12-25-16-6-4-3-5-7-16/h3-11,14,20H,12-13H2,1-2H3/b11-9+. The molecular weight excluding hydrogens is 370 g/mol. The summed E-state index contributed by atoms with van der Waals surface area (Å²) >= 11 is 0. The molecule has 0 atom stereocenters. The predicted octanol–water partition coefficient (Wildman–Crippen LogP) is 2.24. The molecule has 0 unspecified atom stereocenters. The molecule has 0 aliphatic rings. The minimum absolute atomic E-state index is 0.0146. The number of benzene rings is 2. The van der Waals surface area contributed by atoms with Crippen LogP contribution in [-0.4, -0.2) is 41.8 Å². The average Bonchev–Trinajstić information content (AvgIpc) is 2.70. The Hall–Kier alpha value is -2.84. The highest BCUT2D eigenvalue weighted by atomic mass is 32.2. The number of carbonyl (C=O) groups is 1.